The number of carboxylic acid groups (broad SMARTS) is 1. The molecule has 1 fully saturated rings. The fourth-order valence-corrected chi connectivity index (χ4v) is 4.19. The fourth-order valence-electron chi connectivity index (χ4n) is 4.19. The number of hydrogen-bond donors (Lipinski definition) is 1. The molecule has 1 aliphatic carbocycles. The molecule has 1 N–H and O–H groups in total. The molecule has 0 saturated carbocycles. The Bertz CT molecular complexity index is 668. The first-order valence-electron chi connectivity index (χ1n) is 10.0. The molecule has 27 heavy (non-hydrogen) atoms. The van der Waals surface area contributed by atoms with E-state index in [1.807, 2.05) is 22.8 Å². The quantitative estimate of drug-likeness (QED) is 0.793. The molecule has 1 aromatic rings. The van der Waals surface area contributed by atoms with Crippen LogP contribution in [0, 0.1) is 0 Å². The van der Waals surface area contributed by atoms with Crippen LogP contribution in [0.15, 0.2) is 18.2 Å². The number of piperidine rings is 1. The van der Waals surface area contributed by atoms with Gasteiger partial charge in [-0.2, -0.15) is 0 Å². The summed E-state index contributed by atoms with van der Waals surface area (Å²) >= 11 is 0. The molecule has 0 bridgehead atoms. The molecule has 148 valence electrons. The van der Waals surface area contributed by atoms with E-state index in [1.165, 1.54) is 24.0 Å². The first-order chi connectivity index (χ1) is 13.1. The van der Waals surface area contributed by atoms with Crippen LogP contribution in [0.5, 0.6) is 5.75 Å². The third kappa shape index (κ3) is 5.22. The smallest absolute Gasteiger partial charge is 0.317 e. The van der Waals surface area contributed by atoms with Crippen LogP contribution in [0.3, 0.4) is 0 Å². The fraction of sp³-hybridized carbons (Fsp3) is 0.619. The minimum absolute atomic E-state index is 0.00690. The molecule has 0 aromatic heterocycles. The Kier molecular flexibility index (Phi) is 6.72. The topological polar surface area (TPSA) is 70.1 Å². The number of carbonyl (C=O) groups is 2. The van der Waals surface area contributed by atoms with Gasteiger partial charge >= 0.3 is 5.97 Å². The number of likely N-dealkylation sites (N-methyl/N-ethyl adjacent to an activating group) is 1. The highest BCUT2D eigenvalue weighted by atomic mass is 16.5. The molecule has 6 nitrogen and oxygen atoms in total. The van der Waals surface area contributed by atoms with Crippen molar-refractivity contribution in [3.05, 3.63) is 29.3 Å². The molecule has 0 atom stereocenters. The number of likely N-dealkylation sites (tertiary alicyclic amines) is 1. The summed E-state index contributed by atoms with van der Waals surface area (Å²) in [5.74, 6) is -0.0150. The van der Waals surface area contributed by atoms with Crippen molar-refractivity contribution in [3.63, 3.8) is 0 Å². The van der Waals surface area contributed by atoms with Crippen molar-refractivity contribution in [3.8, 4) is 5.75 Å². The van der Waals surface area contributed by atoms with Gasteiger partial charge < -0.3 is 14.7 Å². The van der Waals surface area contributed by atoms with Gasteiger partial charge in [-0.25, -0.2) is 0 Å². The molecule has 0 unspecified atom stereocenters. The maximum Gasteiger partial charge on any atom is 0.317 e. The summed E-state index contributed by atoms with van der Waals surface area (Å²) in [6, 6.07) is 6.41. The van der Waals surface area contributed by atoms with Crippen LogP contribution in [0.1, 0.15) is 43.7 Å². The Morgan fingerprint density at radius 3 is 2.56 bits per heavy atom. The van der Waals surface area contributed by atoms with Gasteiger partial charge in [0.25, 0.3) is 5.91 Å². The monoisotopic (exact) mass is 374 g/mol. The summed E-state index contributed by atoms with van der Waals surface area (Å²) in [7, 11) is 0. The third-order valence-electron chi connectivity index (χ3n) is 5.76. The Hall–Kier alpha value is -2.08. The molecule has 1 heterocycles. The van der Waals surface area contributed by atoms with Gasteiger partial charge in [-0.1, -0.05) is 13.0 Å². The summed E-state index contributed by atoms with van der Waals surface area (Å²) in [6.45, 7) is 4.15. The Morgan fingerprint density at radius 2 is 1.89 bits per heavy atom. The zero-order chi connectivity index (χ0) is 19.2. The highest BCUT2D eigenvalue weighted by Crippen LogP contribution is 2.25. The number of fused-ring (bicyclic) bond motifs is 1. The molecule has 3 rings (SSSR count). The van der Waals surface area contributed by atoms with E-state index in [2.05, 4.69) is 12.1 Å². The van der Waals surface area contributed by atoms with Gasteiger partial charge in [0.15, 0.2) is 6.61 Å². The number of nitrogens with zero attached hydrogens (tertiary/aromatic N) is 2. The second-order valence-electron chi connectivity index (χ2n) is 7.50. The van der Waals surface area contributed by atoms with Gasteiger partial charge in [0.1, 0.15) is 5.75 Å². The molecular weight excluding hydrogens is 344 g/mol. The lowest BCUT2D eigenvalue weighted by Gasteiger charge is -2.37. The van der Waals surface area contributed by atoms with E-state index >= 15 is 0 Å². The third-order valence-corrected chi connectivity index (χ3v) is 5.76. The molecule has 6 heteroatoms. The zero-order valence-corrected chi connectivity index (χ0v) is 16.2. The number of amides is 1. The van der Waals surface area contributed by atoms with Gasteiger partial charge in [-0.3, -0.25) is 14.5 Å². The number of hydrogen-bond acceptors (Lipinski definition) is 4. The van der Waals surface area contributed by atoms with E-state index in [0.29, 0.717) is 19.6 Å². The normalized spacial score (nSPS) is 17.6. The van der Waals surface area contributed by atoms with E-state index in [-0.39, 0.29) is 25.1 Å². The number of benzene rings is 1. The van der Waals surface area contributed by atoms with Crippen molar-refractivity contribution in [2.45, 2.75) is 51.5 Å². The molecule has 1 aliphatic heterocycles. The molecule has 0 spiro atoms. The molecule has 1 aromatic carbocycles. The minimum atomic E-state index is -0.797. The van der Waals surface area contributed by atoms with Gasteiger partial charge in [0, 0.05) is 19.1 Å². The van der Waals surface area contributed by atoms with Crippen molar-refractivity contribution >= 4 is 11.9 Å². The van der Waals surface area contributed by atoms with E-state index in [1.54, 1.807) is 0 Å². The number of carbonyl (C=O) groups excluding carboxylic acids is 1. The van der Waals surface area contributed by atoms with Gasteiger partial charge in [-0.15, -0.1) is 0 Å². The van der Waals surface area contributed by atoms with Crippen molar-refractivity contribution in [2.24, 2.45) is 0 Å². The molecule has 1 amide bonds. The first kappa shape index (κ1) is 19.7. The molecule has 1 saturated heterocycles. The second-order valence-corrected chi connectivity index (χ2v) is 7.50. The predicted octanol–water partition coefficient (Wildman–Crippen LogP) is 2.34. The van der Waals surface area contributed by atoms with Crippen molar-refractivity contribution < 1.29 is 19.4 Å². The largest absolute Gasteiger partial charge is 0.484 e. The lowest BCUT2D eigenvalue weighted by atomic mass is 9.92. The van der Waals surface area contributed by atoms with Crippen LogP contribution in [0.25, 0.3) is 0 Å². The highest BCUT2D eigenvalue weighted by Gasteiger charge is 2.27. The minimum Gasteiger partial charge on any atom is -0.484 e. The van der Waals surface area contributed by atoms with Crippen LogP contribution in [0.4, 0.5) is 0 Å². The number of aliphatic carboxylic acids is 1. The summed E-state index contributed by atoms with van der Waals surface area (Å²) in [5, 5.41) is 9.02. The maximum absolute atomic E-state index is 12.5. The first-order valence-corrected chi connectivity index (χ1v) is 10.0. The van der Waals surface area contributed by atoms with Crippen LogP contribution in [-0.2, 0) is 22.4 Å². The number of rotatable bonds is 7. The molecular formula is C21H30N2O4. The summed E-state index contributed by atoms with van der Waals surface area (Å²) in [4.78, 5) is 27.3. The SMILES string of the molecule is CCN(CC(=O)O)C1CCN(C(=O)COc2ccc3c(c2)CCCC3)CC1. The average molecular weight is 374 g/mol. The Morgan fingerprint density at radius 1 is 1.19 bits per heavy atom. The van der Waals surface area contributed by atoms with Gasteiger partial charge in [-0.05, 0) is 68.3 Å². The van der Waals surface area contributed by atoms with Gasteiger partial charge in [0.05, 0.1) is 6.54 Å². The van der Waals surface area contributed by atoms with Crippen molar-refractivity contribution in [1.82, 2.24) is 9.80 Å². The standard InChI is InChI=1S/C21H30N2O4/c1-2-22(14-21(25)26)18-9-11-23(12-10-18)20(24)15-27-19-8-7-16-5-3-4-6-17(16)13-19/h7-8,13,18H,2-6,9-12,14-15H2,1H3,(H,25,26). The lowest BCUT2D eigenvalue weighted by Crippen LogP contribution is -2.49. The summed E-state index contributed by atoms with van der Waals surface area (Å²) < 4.78 is 5.76. The predicted molar refractivity (Wildman–Crippen MR) is 103 cm³/mol. The van der Waals surface area contributed by atoms with E-state index < -0.39 is 5.97 Å². The van der Waals surface area contributed by atoms with Crippen LogP contribution in [-0.4, -0.2) is 65.6 Å². The number of aryl methyl sites for hydroxylation is 2. The Labute approximate surface area is 161 Å². The van der Waals surface area contributed by atoms with E-state index in [4.69, 9.17) is 9.84 Å². The Balaban J connectivity index is 1.46. The summed E-state index contributed by atoms with van der Waals surface area (Å²) in [6.07, 6.45) is 6.33. The van der Waals surface area contributed by atoms with Crippen molar-refractivity contribution in [1.29, 1.82) is 0 Å². The van der Waals surface area contributed by atoms with Gasteiger partial charge in [0.2, 0.25) is 0 Å². The zero-order valence-electron chi connectivity index (χ0n) is 16.2. The van der Waals surface area contributed by atoms with Crippen LogP contribution in [0.2, 0.25) is 0 Å². The second kappa shape index (κ2) is 9.22. The molecule has 0 radical (unpaired) electrons. The van der Waals surface area contributed by atoms with Crippen molar-refractivity contribution in [2.75, 3.05) is 32.8 Å². The number of carboxylic acids is 1. The average Bonchev–Trinajstić information content (AvgIpc) is 2.70. The summed E-state index contributed by atoms with van der Waals surface area (Å²) in [5.41, 5.74) is 2.76. The lowest BCUT2D eigenvalue weighted by molar-refractivity contribution is -0.140. The van der Waals surface area contributed by atoms with E-state index in [0.717, 1.165) is 31.4 Å². The highest BCUT2D eigenvalue weighted by molar-refractivity contribution is 5.78. The number of ether oxygens (including phenoxy) is 1. The van der Waals surface area contributed by atoms with Crippen LogP contribution >= 0.6 is 0 Å². The van der Waals surface area contributed by atoms with Crippen LogP contribution < -0.4 is 4.74 Å². The van der Waals surface area contributed by atoms with E-state index in [9.17, 15) is 9.59 Å². The molecule has 2 aliphatic rings. The maximum atomic E-state index is 12.5.